The summed E-state index contributed by atoms with van der Waals surface area (Å²) in [5.41, 5.74) is 0.384. The number of hydrogen-bond acceptors (Lipinski definition) is 3. The number of amides is 1. The minimum atomic E-state index is -0.288. The van der Waals surface area contributed by atoms with Crippen LogP contribution in [0.25, 0.3) is 0 Å². The molecule has 1 amide bonds. The van der Waals surface area contributed by atoms with Crippen molar-refractivity contribution >= 4 is 17.5 Å². The molecule has 0 aliphatic rings. The SMILES string of the molecule is CON(C)C(=O)c1cc(Cl)nn1C. The highest BCUT2D eigenvalue weighted by atomic mass is 35.5. The summed E-state index contributed by atoms with van der Waals surface area (Å²) in [6.45, 7) is 0. The molecule has 72 valence electrons. The van der Waals surface area contributed by atoms with Gasteiger partial charge in [-0.2, -0.15) is 5.10 Å². The van der Waals surface area contributed by atoms with Crippen molar-refractivity contribution in [2.24, 2.45) is 7.05 Å². The molecule has 0 radical (unpaired) electrons. The van der Waals surface area contributed by atoms with Crippen LogP contribution in [0.4, 0.5) is 0 Å². The van der Waals surface area contributed by atoms with Gasteiger partial charge < -0.3 is 0 Å². The molecule has 0 spiro atoms. The van der Waals surface area contributed by atoms with Gasteiger partial charge in [0.2, 0.25) is 0 Å². The number of hydrogen-bond donors (Lipinski definition) is 0. The maximum Gasteiger partial charge on any atom is 0.295 e. The van der Waals surface area contributed by atoms with Crippen LogP contribution in [0.3, 0.4) is 0 Å². The Morgan fingerprint density at radius 3 is 2.77 bits per heavy atom. The second kappa shape index (κ2) is 3.76. The van der Waals surface area contributed by atoms with Gasteiger partial charge in [0.15, 0.2) is 5.15 Å². The van der Waals surface area contributed by atoms with Crippen LogP contribution < -0.4 is 0 Å². The standard InChI is InChI=1S/C7H10ClN3O2/c1-10-5(4-6(8)9-10)7(12)11(2)13-3/h4H,1-3H3. The Balaban J connectivity index is 2.94. The Kier molecular flexibility index (Phi) is 2.90. The molecule has 1 rings (SSSR count). The van der Waals surface area contributed by atoms with Crippen molar-refractivity contribution < 1.29 is 9.63 Å². The topological polar surface area (TPSA) is 47.4 Å². The van der Waals surface area contributed by atoms with E-state index in [1.807, 2.05) is 0 Å². The van der Waals surface area contributed by atoms with Gasteiger partial charge >= 0.3 is 0 Å². The van der Waals surface area contributed by atoms with Crippen LogP contribution in [-0.4, -0.2) is 34.9 Å². The van der Waals surface area contributed by atoms with Gasteiger partial charge in [-0.1, -0.05) is 11.6 Å². The van der Waals surface area contributed by atoms with Crippen molar-refractivity contribution in [3.8, 4) is 0 Å². The van der Waals surface area contributed by atoms with Gasteiger partial charge in [-0.05, 0) is 0 Å². The Bertz CT molecular complexity index is 324. The number of aromatic nitrogens is 2. The molecule has 0 aromatic carbocycles. The average Bonchev–Trinajstić information content (AvgIpc) is 2.42. The normalized spacial score (nSPS) is 10.2. The number of rotatable bonds is 2. The van der Waals surface area contributed by atoms with E-state index in [4.69, 9.17) is 16.4 Å². The fourth-order valence-electron chi connectivity index (χ4n) is 0.877. The summed E-state index contributed by atoms with van der Waals surface area (Å²) >= 11 is 5.61. The number of halogens is 1. The Labute approximate surface area is 80.8 Å². The van der Waals surface area contributed by atoms with Crippen LogP contribution in [0.5, 0.6) is 0 Å². The lowest BCUT2D eigenvalue weighted by Crippen LogP contribution is -2.27. The third kappa shape index (κ3) is 1.99. The largest absolute Gasteiger partial charge is 0.295 e. The summed E-state index contributed by atoms with van der Waals surface area (Å²) in [7, 11) is 4.57. The van der Waals surface area contributed by atoms with Crippen LogP contribution in [0.15, 0.2) is 6.07 Å². The molecular formula is C7H10ClN3O2. The number of aryl methyl sites for hydroxylation is 1. The van der Waals surface area contributed by atoms with Crippen molar-refractivity contribution in [3.05, 3.63) is 16.9 Å². The number of nitrogens with zero attached hydrogens (tertiary/aromatic N) is 3. The summed E-state index contributed by atoms with van der Waals surface area (Å²) in [5.74, 6) is -0.288. The van der Waals surface area contributed by atoms with Gasteiger partial charge in [-0.3, -0.25) is 14.3 Å². The molecule has 0 unspecified atom stereocenters. The molecule has 0 saturated heterocycles. The molecule has 0 aliphatic heterocycles. The van der Waals surface area contributed by atoms with Gasteiger partial charge in [0, 0.05) is 20.2 Å². The van der Waals surface area contributed by atoms with Gasteiger partial charge in [-0.25, -0.2) is 5.06 Å². The van der Waals surface area contributed by atoms with E-state index >= 15 is 0 Å². The quantitative estimate of drug-likeness (QED) is 0.665. The second-order valence-corrected chi connectivity index (χ2v) is 2.85. The zero-order chi connectivity index (χ0) is 10.0. The third-order valence-electron chi connectivity index (χ3n) is 1.63. The van der Waals surface area contributed by atoms with E-state index in [2.05, 4.69) is 5.10 Å². The number of carbonyl (C=O) groups excluding carboxylic acids is 1. The lowest BCUT2D eigenvalue weighted by atomic mass is 10.4. The van der Waals surface area contributed by atoms with Crippen molar-refractivity contribution in [1.29, 1.82) is 0 Å². The smallest absolute Gasteiger partial charge is 0.274 e. The maximum absolute atomic E-state index is 11.5. The summed E-state index contributed by atoms with van der Waals surface area (Å²) in [5, 5.41) is 5.22. The minimum Gasteiger partial charge on any atom is -0.274 e. The first-order valence-corrected chi connectivity index (χ1v) is 3.95. The highest BCUT2D eigenvalue weighted by Gasteiger charge is 2.16. The fourth-order valence-corrected chi connectivity index (χ4v) is 1.09. The molecule has 0 fully saturated rings. The molecule has 0 bridgehead atoms. The van der Waals surface area contributed by atoms with E-state index in [9.17, 15) is 4.79 Å². The molecule has 1 heterocycles. The third-order valence-corrected chi connectivity index (χ3v) is 1.81. The first-order valence-electron chi connectivity index (χ1n) is 3.58. The van der Waals surface area contributed by atoms with Gasteiger partial charge in [0.25, 0.3) is 5.91 Å². The maximum atomic E-state index is 11.5. The van der Waals surface area contributed by atoms with Gasteiger partial charge in [0.05, 0.1) is 7.11 Å². The summed E-state index contributed by atoms with van der Waals surface area (Å²) in [6, 6.07) is 1.49. The van der Waals surface area contributed by atoms with Crippen LogP contribution in [0.2, 0.25) is 5.15 Å². The molecule has 6 heteroatoms. The molecule has 0 atom stereocenters. The molecule has 0 saturated carbocycles. The highest BCUT2D eigenvalue weighted by Crippen LogP contribution is 2.10. The molecule has 0 aliphatic carbocycles. The zero-order valence-corrected chi connectivity index (χ0v) is 8.37. The Hall–Kier alpha value is -1.07. The van der Waals surface area contributed by atoms with Gasteiger partial charge in [0.1, 0.15) is 5.69 Å². The predicted octanol–water partition coefficient (Wildman–Crippen LogP) is 0.707. The first-order chi connectivity index (χ1) is 6.06. The molecule has 5 nitrogen and oxygen atoms in total. The fraction of sp³-hybridized carbons (Fsp3) is 0.429. The van der Waals surface area contributed by atoms with E-state index in [1.54, 1.807) is 7.05 Å². The zero-order valence-electron chi connectivity index (χ0n) is 7.61. The first kappa shape index (κ1) is 10.0. The van der Waals surface area contributed by atoms with Crippen LogP contribution >= 0.6 is 11.6 Å². The Morgan fingerprint density at radius 2 is 2.38 bits per heavy atom. The molecule has 0 N–H and O–H groups in total. The Morgan fingerprint density at radius 1 is 1.77 bits per heavy atom. The number of hydroxylamine groups is 2. The van der Waals surface area contributed by atoms with E-state index < -0.39 is 0 Å². The summed E-state index contributed by atoms with van der Waals surface area (Å²) in [4.78, 5) is 16.2. The van der Waals surface area contributed by atoms with Crippen LogP contribution in [0, 0.1) is 0 Å². The molecule has 13 heavy (non-hydrogen) atoms. The van der Waals surface area contributed by atoms with Crippen LogP contribution in [0.1, 0.15) is 10.5 Å². The predicted molar refractivity (Wildman–Crippen MR) is 47.3 cm³/mol. The van der Waals surface area contributed by atoms with Crippen molar-refractivity contribution in [3.63, 3.8) is 0 Å². The monoisotopic (exact) mass is 203 g/mol. The molecule has 1 aromatic rings. The van der Waals surface area contributed by atoms with E-state index in [1.165, 1.54) is 24.9 Å². The average molecular weight is 204 g/mol. The second-order valence-electron chi connectivity index (χ2n) is 2.46. The summed E-state index contributed by atoms with van der Waals surface area (Å²) in [6.07, 6.45) is 0. The van der Waals surface area contributed by atoms with Crippen molar-refractivity contribution in [1.82, 2.24) is 14.8 Å². The van der Waals surface area contributed by atoms with Crippen LogP contribution in [-0.2, 0) is 11.9 Å². The summed E-state index contributed by atoms with van der Waals surface area (Å²) < 4.78 is 1.40. The highest BCUT2D eigenvalue weighted by molar-refractivity contribution is 6.29. The minimum absolute atomic E-state index is 0.287. The van der Waals surface area contributed by atoms with E-state index in [0.717, 1.165) is 5.06 Å². The van der Waals surface area contributed by atoms with E-state index in [-0.39, 0.29) is 11.1 Å². The van der Waals surface area contributed by atoms with Gasteiger partial charge in [-0.15, -0.1) is 0 Å². The molecular weight excluding hydrogens is 194 g/mol. The number of carbonyl (C=O) groups is 1. The lowest BCUT2D eigenvalue weighted by molar-refractivity contribution is -0.0763. The van der Waals surface area contributed by atoms with Crippen molar-refractivity contribution in [2.75, 3.05) is 14.2 Å². The van der Waals surface area contributed by atoms with E-state index in [0.29, 0.717) is 5.69 Å². The van der Waals surface area contributed by atoms with Crippen molar-refractivity contribution in [2.45, 2.75) is 0 Å². The lowest BCUT2D eigenvalue weighted by Gasteiger charge is -2.12. The molecule has 1 aromatic heterocycles.